The maximum absolute atomic E-state index is 12.9. The number of alkyl halides is 6. The Morgan fingerprint density at radius 2 is 1.56 bits per heavy atom. The van der Waals surface area contributed by atoms with Crippen molar-refractivity contribution in [3.63, 3.8) is 0 Å². The van der Waals surface area contributed by atoms with Crippen molar-refractivity contribution in [3.8, 4) is 0 Å². The molecule has 0 saturated carbocycles. The van der Waals surface area contributed by atoms with E-state index in [1.807, 2.05) is 0 Å². The lowest BCUT2D eigenvalue weighted by Gasteiger charge is -2.14. The first-order chi connectivity index (χ1) is 11.5. The third kappa shape index (κ3) is 3.05. The summed E-state index contributed by atoms with van der Waals surface area (Å²) in [6, 6.07) is 0.745. The topological polar surface area (TPSA) is 51.0 Å². The molecule has 0 saturated heterocycles. The summed E-state index contributed by atoms with van der Waals surface area (Å²) in [6.07, 6.45) is -10.1. The normalized spacial score (nSPS) is 14.8. The summed E-state index contributed by atoms with van der Waals surface area (Å²) >= 11 is 0. The zero-order valence-corrected chi connectivity index (χ0v) is 12.6. The minimum absolute atomic E-state index is 0.0290. The molecule has 11 heteroatoms. The Morgan fingerprint density at radius 1 is 1.00 bits per heavy atom. The van der Waals surface area contributed by atoms with Crippen molar-refractivity contribution in [1.82, 2.24) is 15.0 Å². The number of fused-ring (bicyclic) bond motifs is 1. The summed E-state index contributed by atoms with van der Waals surface area (Å²) in [4.78, 5) is 14.1. The molecule has 0 amide bonds. The minimum Gasteiger partial charge on any atom is -0.356 e. The average molecular weight is 364 g/mol. The van der Waals surface area contributed by atoms with Gasteiger partial charge in [0.2, 0.25) is 5.78 Å². The lowest BCUT2D eigenvalue weighted by molar-refractivity contribution is -0.143. The highest BCUT2D eigenvalue weighted by Gasteiger charge is 2.38. The molecule has 1 aliphatic rings. The SMILES string of the molecule is CN1CCn2nnc(C(=O)c3cc(C(F)(F)F)cc(C(F)(F)F)c3)c21. The van der Waals surface area contributed by atoms with Crippen molar-refractivity contribution in [2.75, 3.05) is 18.5 Å². The second-order valence-corrected chi connectivity index (χ2v) is 5.53. The van der Waals surface area contributed by atoms with Crippen molar-refractivity contribution in [1.29, 1.82) is 0 Å². The first-order valence-corrected chi connectivity index (χ1v) is 6.97. The summed E-state index contributed by atoms with van der Waals surface area (Å²) in [5.41, 5.74) is -4.14. The molecule has 2 aromatic rings. The lowest BCUT2D eigenvalue weighted by Crippen LogP contribution is -2.18. The molecular weight excluding hydrogens is 354 g/mol. The van der Waals surface area contributed by atoms with Gasteiger partial charge in [-0.1, -0.05) is 5.21 Å². The molecule has 0 spiro atoms. The van der Waals surface area contributed by atoms with Gasteiger partial charge < -0.3 is 4.90 Å². The first-order valence-electron chi connectivity index (χ1n) is 6.97. The molecule has 1 aromatic heterocycles. The summed E-state index contributed by atoms with van der Waals surface area (Å²) in [5.74, 6) is -0.789. The van der Waals surface area contributed by atoms with Crippen molar-refractivity contribution < 1.29 is 31.1 Å². The van der Waals surface area contributed by atoms with Crippen LogP contribution in [0.5, 0.6) is 0 Å². The Morgan fingerprint density at radius 3 is 2.08 bits per heavy atom. The number of hydrogen-bond donors (Lipinski definition) is 0. The number of carbonyl (C=O) groups excluding carboxylic acids is 1. The van der Waals surface area contributed by atoms with Crippen LogP contribution in [0.15, 0.2) is 18.2 Å². The van der Waals surface area contributed by atoms with Gasteiger partial charge in [0.25, 0.3) is 0 Å². The van der Waals surface area contributed by atoms with Gasteiger partial charge >= 0.3 is 12.4 Å². The highest BCUT2D eigenvalue weighted by atomic mass is 19.4. The van der Waals surface area contributed by atoms with Crippen LogP contribution < -0.4 is 4.90 Å². The molecule has 5 nitrogen and oxygen atoms in total. The molecule has 2 heterocycles. The van der Waals surface area contributed by atoms with Crippen LogP contribution in [0.4, 0.5) is 32.2 Å². The summed E-state index contributed by atoms with van der Waals surface area (Å²) in [5, 5.41) is 7.30. The molecule has 1 aromatic carbocycles. The van der Waals surface area contributed by atoms with Crippen LogP contribution in [0.25, 0.3) is 0 Å². The number of rotatable bonds is 2. The average Bonchev–Trinajstić information content (AvgIpc) is 3.08. The third-order valence-corrected chi connectivity index (χ3v) is 3.78. The fourth-order valence-corrected chi connectivity index (χ4v) is 2.56. The van der Waals surface area contributed by atoms with Gasteiger partial charge in [0, 0.05) is 19.2 Å². The van der Waals surface area contributed by atoms with E-state index in [0.29, 0.717) is 25.2 Å². The van der Waals surface area contributed by atoms with E-state index >= 15 is 0 Å². The molecule has 0 unspecified atom stereocenters. The van der Waals surface area contributed by atoms with Crippen LogP contribution >= 0.6 is 0 Å². The number of halogens is 6. The minimum atomic E-state index is -5.03. The highest BCUT2D eigenvalue weighted by molar-refractivity contribution is 6.10. The Balaban J connectivity index is 2.12. The standard InChI is InChI=1S/C14H10F6N4O/c1-23-2-3-24-12(23)10(21-22-24)11(25)7-4-8(13(15,16)17)6-9(5-7)14(18,19)20/h4-6H,2-3H2,1H3. The first kappa shape index (κ1) is 17.2. The Labute approximate surface area is 136 Å². The second-order valence-electron chi connectivity index (χ2n) is 5.53. The number of anilines is 1. The molecule has 0 atom stereocenters. The van der Waals surface area contributed by atoms with E-state index in [1.54, 1.807) is 11.9 Å². The predicted molar refractivity (Wildman–Crippen MR) is 73.2 cm³/mol. The van der Waals surface area contributed by atoms with E-state index in [2.05, 4.69) is 10.3 Å². The number of benzene rings is 1. The predicted octanol–water partition coefficient (Wildman–Crippen LogP) is 3.00. The second kappa shape index (κ2) is 5.46. The summed E-state index contributed by atoms with van der Waals surface area (Å²) < 4.78 is 78.8. The number of ketones is 1. The zero-order chi connectivity index (χ0) is 18.6. The van der Waals surface area contributed by atoms with E-state index in [0.717, 1.165) is 0 Å². The van der Waals surface area contributed by atoms with Crippen molar-refractivity contribution >= 4 is 11.6 Å². The number of hydrogen-bond acceptors (Lipinski definition) is 4. The Bertz CT molecular complexity index is 807. The fraction of sp³-hybridized carbons (Fsp3) is 0.357. The smallest absolute Gasteiger partial charge is 0.356 e. The van der Waals surface area contributed by atoms with Gasteiger partial charge in [-0.3, -0.25) is 4.79 Å². The molecule has 0 N–H and O–H groups in total. The number of carbonyl (C=O) groups is 1. The number of aromatic nitrogens is 3. The molecule has 0 fully saturated rings. The summed E-state index contributed by atoms with van der Waals surface area (Å²) in [7, 11) is 1.62. The Hall–Kier alpha value is -2.59. The van der Waals surface area contributed by atoms with E-state index in [1.165, 1.54) is 4.68 Å². The quantitative estimate of drug-likeness (QED) is 0.607. The van der Waals surface area contributed by atoms with Gasteiger partial charge in [0.1, 0.15) is 0 Å². The van der Waals surface area contributed by atoms with Crippen LogP contribution in [-0.2, 0) is 18.9 Å². The van der Waals surface area contributed by atoms with Crippen LogP contribution in [0.3, 0.4) is 0 Å². The van der Waals surface area contributed by atoms with Crippen LogP contribution in [0.2, 0.25) is 0 Å². The molecule has 25 heavy (non-hydrogen) atoms. The summed E-state index contributed by atoms with van der Waals surface area (Å²) in [6.45, 7) is 0.921. The van der Waals surface area contributed by atoms with Gasteiger partial charge in [-0.15, -0.1) is 5.10 Å². The van der Waals surface area contributed by atoms with E-state index in [-0.39, 0.29) is 17.6 Å². The van der Waals surface area contributed by atoms with Crippen LogP contribution in [0, 0.1) is 0 Å². The van der Waals surface area contributed by atoms with E-state index in [4.69, 9.17) is 0 Å². The van der Waals surface area contributed by atoms with E-state index < -0.39 is 34.8 Å². The molecule has 1 aliphatic heterocycles. The zero-order valence-electron chi connectivity index (χ0n) is 12.6. The molecule has 0 bridgehead atoms. The number of likely N-dealkylation sites (N-methyl/N-ethyl adjacent to an activating group) is 1. The van der Waals surface area contributed by atoms with Gasteiger partial charge in [-0.25, -0.2) is 4.68 Å². The maximum Gasteiger partial charge on any atom is 0.416 e. The van der Waals surface area contributed by atoms with Crippen molar-refractivity contribution in [2.45, 2.75) is 18.9 Å². The number of nitrogens with zero attached hydrogens (tertiary/aromatic N) is 4. The van der Waals surface area contributed by atoms with Crippen molar-refractivity contribution in [2.24, 2.45) is 0 Å². The monoisotopic (exact) mass is 364 g/mol. The molecule has 3 rings (SSSR count). The van der Waals surface area contributed by atoms with Crippen LogP contribution in [-0.4, -0.2) is 34.4 Å². The maximum atomic E-state index is 12.9. The third-order valence-electron chi connectivity index (χ3n) is 3.78. The molecule has 134 valence electrons. The van der Waals surface area contributed by atoms with Gasteiger partial charge in [-0.05, 0) is 18.2 Å². The van der Waals surface area contributed by atoms with Crippen molar-refractivity contribution in [3.05, 3.63) is 40.6 Å². The molecular formula is C14H10F6N4O. The lowest BCUT2D eigenvalue weighted by atomic mass is 10.0. The largest absolute Gasteiger partial charge is 0.416 e. The molecule has 0 aliphatic carbocycles. The molecule has 0 radical (unpaired) electrons. The van der Waals surface area contributed by atoms with E-state index in [9.17, 15) is 31.1 Å². The van der Waals surface area contributed by atoms with Gasteiger partial charge in [0.05, 0.1) is 17.7 Å². The van der Waals surface area contributed by atoms with Gasteiger partial charge in [-0.2, -0.15) is 26.3 Å². The van der Waals surface area contributed by atoms with Crippen LogP contribution in [0.1, 0.15) is 27.2 Å². The van der Waals surface area contributed by atoms with Gasteiger partial charge in [0.15, 0.2) is 11.5 Å². The Kier molecular flexibility index (Phi) is 3.77. The highest BCUT2D eigenvalue weighted by Crippen LogP contribution is 2.37. The fourth-order valence-electron chi connectivity index (χ4n) is 2.56.